The SMILES string of the molecule is O=C(CCc1ccc(Cl)cc1)N1CCN(Cc2nc(-c3cccs3)no2)CC1. The minimum Gasteiger partial charge on any atom is -0.340 e. The molecule has 0 aliphatic carbocycles. The van der Waals surface area contributed by atoms with E-state index in [9.17, 15) is 4.79 Å². The van der Waals surface area contributed by atoms with E-state index in [1.54, 1.807) is 11.3 Å². The summed E-state index contributed by atoms with van der Waals surface area (Å²) >= 11 is 7.49. The van der Waals surface area contributed by atoms with E-state index >= 15 is 0 Å². The van der Waals surface area contributed by atoms with E-state index in [4.69, 9.17) is 16.1 Å². The van der Waals surface area contributed by atoms with Crippen molar-refractivity contribution in [3.8, 4) is 10.7 Å². The standard InChI is InChI=1S/C20H21ClN4O2S/c21-16-6-3-15(4-7-16)5-8-19(26)25-11-9-24(10-12-25)14-18-22-20(23-27-18)17-2-1-13-28-17/h1-4,6-7,13H,5,8-12,14H2. The van der Waals surface area contributed by atoms with Crippen molar-refractivity contribution in [1.82, 2.24) is 19.9 Å². The number of halogens is 1. The lowest BCUT2D eigenvalue weighted by Gasteiger charge is -2.34. The van der Waals surface area contributed by atoms with Gasteiger partial charge in [0.05, 0.1) is 11.4 Å². The van der Waals surface area contributed by atoms with E-state index in [0.717, 1.165) is 48.1 Å². The van der Waals surface area contributed by atoms with Gasteiger partial charge in [-0.2, -0.15) is 4.98 Å². The summed E-state index contributed by atoms with van der Waals surface area (Å²) < 4.78 is 5.38. The molecular formula is C20H21ClN4O2S. The number of nitrogens with zero attached hydrogens (tertiary/aromatic N) is 4. The molecule has 1 aliphatic heterocycles. The van der Waals surface area contributed by atoms with Crippen molar-refractivity contribution < 1.29 is 9.32 Å². The van der Waals surface area contributed by atoms with Gasteiger partial charge in [0.1, 0.15) is 0 Å². The van der Waals surface area contributed by atoms with E-state index < -0.39 is 0 Å². The third-order valence-electron chi connectivity index (χ3n) is 4.83. The maximum Gasteiger partial charge on any atom is 0.241 e. The number of hydrogen-bond donors (Lipinski definition) is 0. The highest BCUT2D eigenvalue weighted by atomic mass is 35.5. The largest absolute Gasteiger partial charge is 0.340 e. The first-order chi connectivity index (χ1) is 13.7. The van der Waals surface area contributed by atoms with E-state index in [1.807, 2.05) is 46.7 Å². The van der Waals surface area contributed by atoms with E-state index in [2.05, 4.69) is 15.0 Å². The third-order valence-corrected chi connectivity index (χ3v) is 5.95. The molecule has 1 saturated heterocycles. The van der Waals surface area contributed by atoms with Gasteiger partial charge in [0.25, 0.3) is 0 Å². The van der Waals surface area contributed by atoms with Gasteiger partial charge in [0.15, 0.2) is 0 Å². The van der Waals surface area contributed by atoms with Crippen LogP contribution in [-0.4, -0.2) is 52.0 Å². The van der Waals surface area contributed by atoms with Gasteiger partial charge < -0.3 is 9.42 Å². The molecule has 0 atom stereocenters. The van der Waals surface area contributed by atoms with E-state index in [0.29, 0.717) is 24.7 Å². The van der Waals surface area contributed by atoms with Gasteiger partial charge in [-0.3, -0.25) is 9.69 Å². The molecule has 3 aromatic rings. The molecule has 0 saturated carbocycles. The van der Waals surface area contributed by atoms with E-state index in [-0.39, 0.29) is 5.91 Å². The summed E-state index contributed by atoms with van der Waals surface area (Å²) in [5.41, 5.74) is 1.13. The van der Waals surface area contributed by atoms with Crippen LogP contribution in [0.4, 0.5) is 0 Å². The molecule has 0 bridgehead atoms. The van der Waals surface area contributed by atoms with Crippen LogP contribution >= 0.6 is 22.9 Å². The van der Waals surface area contributed by atoms with Gasteiger partial charge in [-0.15, -0.1) is 11.3 Å². The first-order valence-corrected chi connectivity index (χ1v) is 10.5. The topological polar surface area (TPSA) is 62.5 Å². The molecule has 8 heteroatoms. The second-order valence-electron chi connectivity index (χ2n) is 6.77. The second-order valence-corrected chi connectivity index (χ2v) is 8.16. The monoisotopic (exact) mass is 416 g/mol. The Kier molecular flexibility index (Phi) is 6.04. The number of amides is 1. The van der Waals surface area contributed by atoms with Gasteiger partial charge in [-0.25, -0.2) is 0 Å². The smallest absolute Gasteiger partial charge is 0.241 e. The zero-order valence-electron chi connectivity index (χ0n) is 15.4. The zero-order valence-corrected chi connectivity index (χ0v) is 17.0. The number of rotatable bonds is 6. The van der Waals surface area contributed by atoms with Crippen LogP contribution in [0.1, 0.15) is 17.9 Å². The maximum atomic E-state index is 12.5. The normalized spacial score (nSPS) is 15.1. The fraction of sp³-hybridized carbons (Fsp3) is 0.350. The lowest BCUT2D eigenvalue weighted by Crippen LogP contribution is -2.48. The Labute approximate surface area is 172 Å². The molecule has 0 unspecified atom stereocenters. The molecule has 6 nitrogen and oxygen atoms in total. The first-order valence-electron chi connectivity index (χ1n) is 9.28. The predicted molar refractivity (Wildman–Crippen MR) is 109 cm³/mol. The Hall–Kier alpha value is -2.22. The summed E-state index contributed by atoms with van der Waals surface area (Å²) in [4.78, 5) is 22.1. The molecule has 0 radical (unpaired) electrons. The van der Waals surface area contributed by atoms with Crippen LogP contribution in [0, 0.1) is 0 Å². The Balaban J connectivity index is 1.23. The number of carbonyl (C=O) groups is 1. The number of benzene rings is 1. The average molecular weight is 417 g/mol. The van der Waals surface area contributed by atoms with Gasteiger partial charge in [-0.05, 0) is 35.6 Å². The fourth-order valence-corrected chi connectivity index (χ4v) is 4.01. The number of carbonyl (C=O) groups excluding carboxylic acids is 1. The number of aryl methyl sites for hydroxylation is 1. The van der Waals surface area contributed by atoms with Gasteiger partial charge in [-0.1, -0.05) is 35.0 Å². The van der Waals surface area contributed by atoms with Crippen molar-refractivity contribution in [3.63, 3.8) is 0 Å². The number of aromatic nitrogens is 2. The lowest BCUT2D eigenvalue weighted by atomic mass is 10.1. The Morgan fingerprint density at radius 1 is 1.14 bits per heavy atom. The highest BCUT2D eigenvalue weighted by Crippen LogP contribution is 2.21. The first kappa shape index (κ1) is 19.1. The highest BCUT2D eigenvalue weighted by Gasteiger charge is 2.22. The molecule has 1 amide bonds. The summed E-state index contributed by atoms with van der Waals surface area (Å²) in [5, 5.41) is 6.76. The molecule has 0 N–H and O–H groups in total. The summed E-state index contributed by atoms with van der Waals surface area (Å²) in [6, 6.07) is 11.6. The van der Waals surface area contributed by atoms with Crippen molar-refractivity contribution in [1.29, 1.82) is 0 Å². The van der Waals surface area contributed by atoms with Crippen molar-refractivity contribution in [3.05, 3.63) is 58.3 Å². The van der Waals surface area contributed by atoms with Crippen LogP contribution < -0.4 is 0 Å². The van der Waals surface area contributed by atoms with Gasteiger partial charge in [0.2, 0.25) is 17.6 Å². The van der Waals surface area contributed by atoms with Crippen LogP contribution in [0.25, 0.3) is 10.7 Å². The lowest BCUT2D eigenvalue weighted by molar-refractivity contribution is -0.133. The maximum absolute atomic E-state index is 12.5. The van der Waals surface area contributed by atoms with Gasteiger partial charge >= 0.3 is 0 Å². The minimum absolute atomic E-state index is 0.201. The van der Waals surface area contributed by atoms with Crippen LogP contribution in [-0.2, 0) is 17.8 Å². The molecular weight excluding hydrogens is 396 g/mol. The van der Waals surface area contributed by atoms with Crippen molar-refractivity contribution in [2.45, 2.75) is 19.4 Å². The van der Waals surface area contributed by atoms with Gasteiger partial charge in [0, 0.05) is 37.6 Å². The summed E-state index contributed by atoms with van der Waals surface area (Å²) in [5.74, 6) is 1.46. The summed E-state index contributed by atoms with van der Waals surface area (Å²) in [7, 11) is 0. The molecule has 3 heterocycles. The molecule has 0 spiro atoms. The Bertz CT molecular complexity index is 903. The van der Waals surface area contributed by atoms with Crippen LogP contribution in [0.3, 0.4) is 0 Å². The molecule has 1 aromatic carbocycles. The minimum atomic E-state index is 0.201. The molecule has 2 aromatic heterocycles. The van der Waals surface area contributed by atoms with Crippen LogP contribution in [0.5, 0.6) is 0 Å². The van der Waals surface area contributed by atoms with Crippen LogP contribution in [0.15, 0.2) is 46.3 Å². The molecule has 1 aliphatic rings. The van der Waals surface area contributed by atoms with Crippen molar-refractivity contribution >= 4 is 28.8 Å². The quantitative estimate of drug-likeness (QED) is 0.612. The van der Waals surface area contributed by atoms with Crippen molar-refractivity contribution in [2.75, 3.05) is 26.2 Å². The van der Waals surface area contributed by atoms with Crippen molar-refractivity contribution in [2.24, 2.45) is 0 Å². The molecule has 28 heavy (non-hydrogen) atoms. The van der Waals surface area contributed by atoms with Crippen LogP contribution in [0.2, 0.25) is 5.02 Å². The zero-order chi connectivity index (χ0) is 19.3. The predicted octanol–water partition coefficient (Wildman–Crippen LogP) is 3.73. The summed E-state index contributed by atoms with van der Waals surface area (Å²) in [6.45, 7) is 3.69. The Morgan fingerprint density at radius 3 is 2.64 bits per heavy atom. The Morgan fingerprint density at radius 2 is 1.93 bits per heavy atom. The summed E-state index contributed by atoms with van der Waals surface area (Å²) in [6.07, 6.45) is 1.26. The number of thiophene rings is 1. The molecule has 1 fully saturated rings. The fourth-order valence-electron chi connectivity index (χ4n) is 3.23. The molecule has 146 valence electrons. The van der Waals surface area contributed by atoms with E-state index in [1.165, 1.54) is 0 Å². The highest BCUT2D eigenvalue weighted by molar-refractivity contribution is 7.13. The third kappa shape index (κ3) is 4.79. The number of piperazine rings is 1. The number of hydrogen-bond acceptors (Lipinski definition) is 6. The average Bonchev–Trinajstić information content (AvgIpc) is 3.40. The second kappa shape index (κ2) is 8.86. The molecule has 4 rings (SSSR count).